The molecule has 0 heterocycles. The van der Waals surface area contributed by atoms with E-state index in [-0.39, 0.29) is 6.10 Å². The Morgan fingerprint density at radius 3 is 2.55 bits per heavy atom. The Morgan fingerprint density at radius 2 is 2.00 bits per heavy atom. The van der Waals surface area contributed by atoms with E-state index in [1.807, 2.05) is 31.4 Å². The van der Waals surface area contributed by atoms with Crippen molar-refractivity contribution < 1.29 is 4.74 Å². The lowest BCUT2D eigenvalue weighted by Crippen LogP contribution is -2.19. The fourth-order valence-electron chi connectivity index (χ4n) is 1.85. The van der Waals surface area contributed by atoms with Crippen LogP contribution in [0.25, 0.3) is 0 Å². The van der Waals surface area contributed by atoms with E-state index in [0.717, 1.165) is 31.6 Å². The molecule has 0 aliphatic heterocycles. The van der Waals surface area contributed by atoms with E-state index < -0.39 is 0 Å². The summed E-state index contributed by atoms with van der Waals surface area (Å²) in [6.45, 7) is 13.7. The minimum Gasteiger partial charge on any atom is -0.377 e. The Hall–Kier alpha value is -1.45. The molecule has 0 bridgehead atoms. The smallest absolute Gasteiger partial charge is 0.0752 e. The number of nitrogens with zero attached hydrogens (tertiary/aromatic N) is 1. The van der Waals surface area contributed by atoms with Crippen LogP contribution in [0.3, 0.4) is 0 Å². The van der Waals surface area contributed by atoms with E-state index in [1.54, 1.807) is 7.11 Å². The molecule has 0 aliphatic carbocycles. The summed E-state index contributed by atoms with van der Waals surface area (Å²) < 4.78 is 5.28. The van der Waals surface area contributed by atoms with Gasteiger partial charge in [0, 0.05) is 26.4 Å². The van der Waals surface area contributed by atoms with Crippen LogP contribution in [0.4, 0.5) is 0 Å². The summed E-state index contributed by atoms with van der Waals surface area (Å²) >= 11 is 0. The number of aliphatic imine (C=N–C) groups is 1. The molecule has 1 N–H and O–H groups in total. The monoisotopic (exact) mass is 304 g/mol. The first-order chi connectivity index (χ1) is 10.5. The average Bonchev–Trinajstić information content (AvgIpc) is 2.50. The maximum absolute atomic E-state index is 5.28. The summed E-state index contributed by atoms with van der Waals surface area (Å²) in [4.78, 5) is 4.48. The van der Waals surface area contributed by atoms with Gasteiger partial charge in [0.2, 0.25) is 0 Å². The van der Waals surface area contributed by atoms with Gasteiger partial charge in [0.25, 0.3) is 0 Å². The number of hydrogen-bond donors (Lipinski definition) is 1. The predicted molar refractivity (Wildman–Crippen MR) is 98.5 cm³/mol. The molecule has 0 saturated heterocycles. The van der Waals surface area contributed by atoms with E-state index in [0.29, 0.717) is 0 Å². The summed E-state index contributed by atoms with van der Waals surface area (Å²) in [6.07, 6.45) is 12.0. The highest BCUT2D eigenvalue weighted by Gasteiger charge is 2.00. The first-order valence-electron chi connectivity index (χ1n) is 7.88. The number of rotatable bonds is 11. The highest BCUT2D eigenvalue weighted by Crippen LogP contribution is 2.06. The Labute approximate surface area is 136 Å². The summed E-state index contributed by atoms with van der Waals surface area (Å²) in [5.74, 6) is 0. The lowest BCUT2D eigenvalue weighted by Gasteiger charge is -2.10. The Balaban J connectivity index is 4.20. The molecule has 1 unspecified atom stereocenters. The second-order valence-electron chi connectivity index (χ2n) is 5.49. The summed E-state index contributed by atoms with van der Waals surface area (Å²) in [5.41, 5.74) is 3.67. The fraction of sp³-hybridized carbons (Fsp3) is 0.526. The van der Waals surface area contributed by atoms with Gasteiger partial charge >= 0.3 is 0 Å². The quantitative estimate of drug-likeness (QED) is 0.452. The van der Waals surface area contributed by atoms with E-state index in [4.69, 9.17) is 4.74 Å². The first-order valence-corrected chi connectivity index (χ1v) is 7.88. The molecule has 0 radical (unpaired) electrons. The lowest BCUT2D eigenvalue weighted by molar-refractivity contribution is 0.135. The zero-order valence-electron chi connectivity index (χ0n) is 14.9. The van der Waals surface area contributed by atoms with Crippen LogP contribution < -0.4 is 5.32 Å². The van der Waals surface area contributed by atoms with Gasteiger partial charge in [0.05, 0.1) is 11.8 Å². The molecule has 1 atom stereocenters. The second kappa shape index (κ2) is 13.2. The normalized spacial score (nSPS) is 13.8. The Morgan fingerprint density at radius 1 is 1.27 bits per heavy atom. The molecule has 0 rings (SSSR count). The summed E-state index contributed by atoms with van der Waals surface area (Å²) in [5, 5.41) is 3.44. The van der Waals surface area contributed by atoms with Crippen LogP contribution in [0.1, 0.15) is 40.5 Å². The van der Waals surface area contributed by atoms with Crippen molar-refractivity contribution in [2.75, 3.05) is 20.2 Å². The zero-order chi connectivity index (χ0) is 16.8. The fourth-order valence-corrected chi connectivity index (χ4v) is 1.85. The van der Waals surface area contributed by atoms with Gasteiger partial charge in [-0.3, -0.25) is 4.99 Å². The standard InChI is InChI=1S/C19H32N2O/c1-7-9-13-21-19(16(3)4)15-20-14-17(5)11-10-12-18(8-2)22-6/h7-9,11,13,18,20H,2,10,12,14-15H2,1,3-6H3/b9-7-,17-11-,21-13?. The van der Waals surface area contributed by atoms with Gasteiger partial charge in [-0.05, 0) is 46.6 Å². The highest BCUT2D eigenvalue weighted by molar-refractivity contribution is 5.72. The number of methoxy groups -OCH3 is 1. The minimum absolute atomic E-state index is 0.148. The Kier molecular flexibility index (Phi) is 12.4. The molecule has 22 heavy (non-hydrogen) atoms. The minimum atomic E-state index is 0.148. The molecule has 0 spiro atoms. The molecule has 0 saturated carbocycles. The number of hydrogen-bond acceptors (Lipinski definition) is 3. The molecule has 0 fully saturated rings. The molecule has 124 valence electrons. The van der Waals surface area contributed by atoms with Gasteiger partial charge in [0.1, 0.15) is 0 Å². The van der Waals surface area contributed by atoms with Crippen LogP contribution in [0.15, 0.2) is 52.7 Å². The van der Waals surface area contributed by atoms with E-state index in [2.05, 4.69) is 43.7 Å². The van der Waals surface area contributed by atoms with Crippen molar-refractivity contribution in [2.45, 2.75) is 46.6 Å². The van der Waals surface area contributed by atoms with E-state index >= 15 is 0 Å². The maximum Gasteiger partial charge on any atom is 0.0752 e. The molecular formula is C19H32N2O. The highest BCUT2D eigenvalue weighted by atomic mass is 16.5. The molecule has 3 nitrogen and oxygen atoms in total. The van der Waals surface area contributed by atoms with Crippen molar-refractivity contribution >= 4 is 6.21 Å². The number of nitrogens with one attached hydrogen (secondary N) is 1. The molecule has 3 heteroatoms. The molecule has 0 aliphatic rings. The second-order valence-corrected chi connectivity index (χ2v) is 5.49. The number of ether oxygens (including phenoxy) is 1. The zero-order valence-corrected chi connectivity index (χ0v) is 14.9. The summed E-state index contributed by atoms with van der Waals surface area (Å²) in [7, 11) is 1.72. The molecule has 0 amide bonds. The Bertz CT molecular complexity index is 427. The van der Waals surface area contributed by atoms with Gasteiger partial charge in [-0.1, -0.05) is 29.4 Å². The van der Waals surface area contributed by atoms with Gasteiger partial charge in [-0.2, -0.15) is 0 Å². The van der Waals surface area contributed by atoms with Crippen molar-refractivity contribution in [1.29, 1.82) is 0 Å². The topological polar surface area (TPSA) is 33.6 Å². The third-order valence-corrected chi connectivity index (χ3v) is 3.29. The molecule has 0 aromatic rings. The van der Waals surface area contributed by atoms with Gasteiger partial charge in [-0.15, -0.1) is 6.58 Å². The SMILES string of the molecule is C=CC(CC/C=C(/C)CNCC(N=C/C=C\C)=C(C)C)OC. The van der Waals surface area contributed by atoms with Gasteiger partial charge in [-0.25, -0.2) is 0 Å². The van der Waals surface area contributed by atoms with Crippen molar-refractivity contribution in [1.82, 2.24) is 5.32 Å². The maximum atomic E-state index is 5.28. The van der Waals surface area contributed by atoms with E-state index in [9.17, 15) is 0 Å². The van der Waals surface area contributed by atoms with Crippen LogP contribution in [-0.2, 0) is 4.74 Å². The van der Waals surface area contributed by atoms with Crippen LogP contribution in [0.2, 0.25) is 0 Å². The third-order valence-electron chi connectivity index (χ3n) is 3.29. The predicted octanol–water partition coefficient (Wildman–Crippen LogP) is 4.44. The molecular weight excluding hydrogens is 272 g/mol. The van der Waals surface area contributed by atoms with Crippen molar-refractivity contribution in [3.8, 4) is 0 Å². The van der Waals surface area contributed by atoms with Crippen LogP contribution >= 0.6 is 0 Å². The van der Waals surface area contributed by atoms with Gasteiger partial charge in [0.15, 0.2) is 0 Å². The summed E-state index contributed by atoms with van der Waals surface area (Å²) in [6, 6.07) is 0. The average molecular weight is 304 g/mol. The van der Waals surface area contributed by atoms with Crippen molar-refractivity contribution in [3.63, 3.8) is 0 Å². The largest absolute Gasteiger partial charge is 0.377 e. The van der Waals surface area contributed by atoms with Crippen molar-refractivity contribution in [2.24, 2.45) is 4.99 Å². The van der Waals surface area contributed by atoms with Crippen LogP contribution in [0, 0.1) is 0 Å². The molecule has 0 aromatic carbocycles. The van der Waals surface area contributed by atoms with Crippen LogP contribution in [-0.4, -0.2) is 32.5 Å². The van der Waals surface area contributed by atoms with E-state index in [1.165, 1.54) is 11.1 Å². The number of allylic oxidation sites excluding steroid dienone is 4. The van der Waals surface area contributed by atoms with Crippen LogP contribution in [0.5, 0.6) is 0 Å². The van der Waals surface area contributed by atoms with Crippen molar-refractivity contribution in [3.05, 3.63) is 47.7 Å². The van der Waals surface area contributed by atoms with Gasteiger partial charge < -0.3 is 10.1 Å². The lowest BCUT2D eigenvalue weighted by atomic mass is 10.1. The first kappa shape index (κ1) is 20.6. The third kappa shape index (κ3) is 10.3. The molecule has 0 aromatic heterocycles.